The normalized spacial score (nSPS) is 12.4. The van der Waals surface area contributed by atoms with Crippen LogP contribution in [0.15, 0.2) is 22.0 Å². The van der Waals surface area contributed by atoms with Crippen molar-refractivity contribution in [3.63, 3.8) is 0 Å². The van der Waals surface area contributed by atoms with Gasteiger partial charge in [-0.05, 0) is 13.3 Å². The molecule has 0 heterocycles. The second-order valence-corrected chi connectivity index (χ2v) is 3.23. The summed E-state index contributed by atoms with van der Waals surface area (Å²) in [6.07, 6.45) is 3.91. The molecule has 0 atom stereocenters. The summed E-state index contributed by atoms with van der Waals surface area (Å²) in [7, 11) is 0. The van der Waals surface area contributed by atoms with Crippen LogP contribution in [0.4, 0.5) is 0 Å². The second kappa shape index (κ2) is 6.32. The molecule has 0 unspecified atom stereocenters. The maximum absolute atomic E-state index is 10.6. The number of allylic oxidation sites excluding steroid dienone is 3. The fraction of sp³-hybridized carbons (Fsp3) is 0.333. The van der Waals surface area contributed by atoms with Crippen molar-refractivity contribution in [1.82, 2.24) is 0 Å². The molecule has 4 heteroatoms. The van der Waals surface area contributed by atoms with E-state index in [1.165, 1.54) is 6.08 Å². The van der Waals surface area contributed by atoms with Crippen molar-refractivity contribution < 1.29 is 9.90 Å². The number of hydrogen-bond donors (Lipinski definition) is 1. The Morgan fingerprint density at radius 3 is 2.62 bits per heavy atom. The van der Waals surface area contributed by atoms with Gasteiger partial charge in [-0.1, -0.05) is 30.8 Å². The summed E-state index contributed by atoms with van der Waals surface area (Å²) in [4.78, 5) is 11.2. The summed E-state index contributed by atoms with van der Waals surface area (Å²) < 4.78 is 0. The number of aliphatic carboxylic acids is 1. The first-order valence-corrected chi connectivity index (χ1v) is 4.65. The minimum Gasteiger partial charge on any atom is -0.477 e. The van der Waals surface area contributed by atoms with Crippen molar-refractivity contribution in [2.75, 3.05) is 0 Å². The van der Waals surface area contributed by atoms with Gasteiger partial charge in [-0.25, -0.2) is 4.79 Å². The average Bonchev–Trinajstić information content (AvgIpc) is 2.11. The van der Waals surface area contributed by atoms with Crippen molar-refractivity contribution in [1.29, 1.82) is 5.26 Å². The van der Waals surface area contributed by atoms with Gasteiger partial charge in [0.2, 0.25) is 0 Å². The molecule has 0 saturated carbocycles. The van der Waals surface area contributed by atoms with Crippen LogP contribution in [0.3, 0.4) is 0 Å². The van der Waals surface area contributed by atoms with Crippen LogP contribution in [0.2, 0.25) is 0 Å². The van der Waals surface area contributed by atoms with Crippen molar-refractivity contribution in [3.8, 4) is 6.07 Å². The van der Waals surface area contributed by atoms with E-state index < -0.39 is 5.97 Å². The molecule has 0 aromatic rings. The number of nitriles is 1. The highest BCUT2D eigenvalue weighted by Crippen LogP contribution is 2.24. The highest BCUT2D eigenvalue weighted by molar-refractivity contribution is 8.07. The van der Waals surface area contributed by atoms with Crippen LogP contribution in [0, 0.1) is 11.3 Å². The van der Waals surface area contributed by atoms with Crippen LogP contribution in [0.1, 0.15) is 20.3 Å². The lowest BCUT2D eigenvalue weighted by Crippen LogP contribution is -1.96. The molecule has 70 valence electrons. The van der Waals surface area contributed by atoms with E-state index in [-0.39, 0.29) is 4.91 Å². The standard InChI is InChI=1S/C9H11NO2S/c1-3-5-7(6-10)13-8(4-2)9(11)12/h4-5H,3H2,1-2H3,(H,11,12). The average molecular weight is 197 g/mol. The lowest BCUT2D eigenvalue weighted by Gasteiger charge is -1.98. The molecule has 13 heavy (non-hydrogen) atoms. The minimum absolute atomic E-state index is 0.182. The molecule has 0 radical (unpaired) electrons. The van der Waals surface area contributed by atoms with E-state index in [2.05, 4.69) is 0 Å². The molecule has 0 aliphatic heterocycles. The lowest BCUT2D eigenvalue weighted by molar-refractivity contribution is -0.131. The van der Waals surface area contributed by atoms with Gasteiger partial charge in [-0.2, -0.15) is 5.26 Å². The van der Waals surface area contributed by atoms with Crippen molar-refractivity contribution in [3.05, 3.63) is 22.0 Å². The third kappa shape index (κ3) is 4.38. The Bertz CT molecular complexity index is 286. The molecule has 3 nitrogen and oxygen atoms in total. The van der Waals surface area contributed by atoms with E-state index in [0.29, 0.717) is 4.91 Å². The fourth-order valence-corrected chi connectivity index (χ4v) is 1.38. The number of hydrogen-bond acceptors (Lipinski definition) is 3. The van der Waals surface area contributed by atoms with Crippen LogP contribution in [-0.4, -0.2) is 11.1 Å². The number of carboxylic acids is 1. The van der Waals surface area contributed by atoms with Gasteiger partial charge < -0.3 is 5.11 Å². The minimum atomic E-state index is -0.996. The van der Waals surface area contributed by atoms with E-state index >= 15 is 0 Å². The van der Waals surface area contributed by atoms with Crippen molar-refractivity contribution >= 4 is 17.7 Å². The van der Waals surface area contributed by atoms with Gasteiger partial charge in [-0.3, -0.25) is 0 Å². The first kappa shape index (κ1) is 11.8. The number of carbonyl (C=O) groups is 1. The molecule has 0 aromatic carbocycles. The molecule has 0 aliphatic carbocycles. The maximum Gasteiger partial charge on any atom is 0.342 e. The number of thioether (sulfide) groups is 1. The number of carboxylic acid groups (broad SMARTS) is 1. The van der Waals surface area contributed by atoms with Gasteiger partial charge in [0.25, 0.3) is 0 Å². The molecule has 0 amide bonds. The third-order valence-electron chi connectivity index (χ3n) is 1.19. The highest BCUT2D eigenvalue weighted by Gasteiger charge is 2.08. The zero-order valence-electron chi connectivity index (χ0n) is 7.57. The van der Waals surface area contributed by atoms with Gasteiger partial charge in [0.15, 0.2) is 0 Å². The molecule has 0 bridgehead atoms. The topological polar surface area (TPSA) is 61.1 Å². The summed E-state index contributed by atoms with van der Waals surface area (Å²) in [6, 6.07) is 1.94. The van der Waals surface area contributed by atoms with Crippen LogP contribution in [0.25, 0.3) is 0 Å². The van der Waals surface area contributed by atoms with Gasteiger partial charge in [0, 0.05) is 0 Å². The summed E-state index contributed by atoms with van der Waals surface area (Å²) in [6.45, 7) is 3.53. The lowest BCUT2D eigenvalue weighted by atomic mass is 10.4. The molecular formula is C9H11NO2S. The maximum atomic E-state index is 10.6. The van der Waals surface area contributed by atoms with Crippen molar-refractivity contribution in [2.45, 2.75) is 20.3 Å². The molecule has 1 N–H and O–H groups in total. The van der Waals surface area contributed by atoms with E-state index in [0.717, 1.165) is 18.2 Å². The van der Waals surface area contributed by atoms with Crippen LogP contribution < -0.4 is 0 Å². The molecule has 0 aromatic heterocycles. The first-order chi connectivity index (χ1) is 6.15. The predicted octanol–water partition coefficient (Wildman–Crippen LogP) is 2.53. The predicted molar refractivity (Wildman–Crippen MR) is 53.0 cm³/mol. The monoisotopic (exact) mass is 197 g/mol. The number of rotatable bonds is 4. The largest absolute Gasteiger partial charge is 0.477 e. The van der Waals surface area contributed by atoms with Crippen LogP contribution in [0.5, 0.6) is 0 Å². The molecule has 0 fully saturated rings. The molecule has 0 aliphatic rings. The quantitative estimate of drug-likeness (QED) is 0.555. The Morgan fingerprint density at radius 1 is 1.69 bits per heavy atom. The summed E-state index contributed by atoms with van der Waals surface area (Å²) >= 11 is 0.984. The second-order valence-electron chi connectivity index (χ2n) is 2.15. The Hall–Kier alpha value is -1.21. The molecule has 0 spiro atoms. The van der Waals surface area contributed by atoms with Gasteiger partial charge >= 0.3 is 5.97 Å². The highest BCUT2D eigenvalue weighted by atomic mass is 32.2. The van der Waals surface area contributed by atoms with Crippen LogP contribution >= 0.6 is 11.8 Å². The zero-order chi connectivity index (χ0) is 10.3. The summed E-state index contributed by atoms with van der Waals surface area (Å²) in [5, 5.41) is 17.3. The van der Waals surface area contributed by atoms with Gasteiger partial charge in [0.1, 0.15) is 6.07 Å². The van der Waals surface area contributed by atoms with E-state index in [4.69, 9.17) is 10.4 Å². The van der Waals surface area contributed by atoms with Crippen LogP contribution in [-0.2, 0) is 4.79 Å². The summed E-state index contributed by atoms with van der Waals surface area (Å²) in [5.41, 5.74) is 0. The Morgan fingerprint density at radius 2 is 2.31 bits per heavy atom. The fourth-order valence-electron chi connectivity index (χ4n) is 0.640. The van der Waals surface area contributed by atoms with Gasteiger partial charge in [-0.15, -0.1) is 0 Å². The number of nitrogens with zero attached hydrogens (tertiary/aromatic N) is 1. The smallest absolute Gasteiger partial charge is 0.342 e. The molecular weight excluding hydrogens is 186 g/mol. The SMILES string of the molecule is CC=C(SC(C#N)=CCC)C(=O)O. The zero-order valence-corrected chi connectivity index (χ0v) is 8.39. The molecule has 0 rings (SSSR count). The molecule has 0 saturated heterocycles. The third-order valence-corrected chi connectivity index (χ3v) is 2.30. The Labute approximate surface area is 81.8 Å². The van der Waals surface area contributed by atoms with E-state index in [9.17, 15) is 4.79 Å². The summed E-state index contributed by atoms with van der Waals surface area (Å²) in [5.74, 6) is -0.996. The van der Waals surface area contributed by atoms with E-state index in [1.807, 2.05) is 13.0 Å². The Balaban J connectivity index is 4.51. The Kier molecular flexibility index (Phi) is 5.73. The first-order valence-electron chi connectivity index (χ1n) is 3.83. The van der Waals surface area contributed by atoms with Crippen molar-refractivity contribution in [2.24, 2.45) is 0 Å². The van der Waals surface area contributed by atoms with E-state index in [1.54, 1.807) is 13.0 Å². The van der Waals surface area contributed by atoms with Gasteiger partial charge in [0.05, 0.1) is 9.81 Å².